The molecule has 1 atom stereocenters. The Balaban J connectivity index is 3.53. The van der Waals surface area contributed by atoms with Crippen LogP contribution in [0.1, 0.15) is 105 Å². The summed E-state index contributed by atoms with van der Waals surface area (Å²) in [7, 11) is 0. The van der Waals surface area contributed by atoms with Gasteiger partial charge in [-0.05, 0) is 40.5 Å². The Morgan fingerprint density at radius 3 is 1.96 bits per heavy atom. The van der Waals surface area contributed by atoms with Gasteiger partial charge in [-0.3, -0.25) is 9.59 Å². The van der Waals surface area contributed by atoms with Gasteiger partial charge < -0.3 is 14.2 Å². The van der Waals surface area contributed by atoms with Gasteiger partial charge in [0.05, 0.1) is 18.8 Å². The van der Waals surface area contributed by atoms with Gasteiger partial charge in [0.1, 0.15) is 6.10 Å². The number of unbranched alkanes of at least 4 members (excludes halogenated alkanes) is 7. The van der Waals surface area contributed by atoms with Gasteiger partial charge in [-0.15, -0.1) is 0 Å². The Labute approximate surface area is 166 Å². The normalized spacial score (nSPS) is 12.6. The number of esters is 2. The highest BCUT2D eigenvalue weighted by Gasteiger charge is 2.15. The minimum atomic E-state index is -0.295. The molecule has 0 fully saturated rings. The third kappa shape index (κ3) is 19.5. The van der Waals surface area contributed by atoms with E-state index in [4.69, 9.17) is 14.2 Å². The first-order valence-electron chi connectivity index (χ1n) is 10.7. The van der Waals surface area contributed by atoms with Gasteiger partial charge in [0.2, 0.25) is 0 Å². The Morgan fingerprint density at radius 2 is 1.37 bits per heavy atom. The van der Waals surface area contributed by atoms with E-state index in [0.717, 1.165) is 12.8 Å². The lowest BCUT2D eigenvalue weighted by atomic mass is 10.1. The van der Waals surface area contributed by atoms with Crippen molar-refractivity contribution in [3.63, 3.8) is 0 Å². The van der Waals surface area contributed by atoms with Crippen molar-refractivity contribution in [3.05, 3.63) is 0 Å². The van der Waals surface area contributed by atoms with Crippen LogP contribution in [0.15, 0.2) is 0 Å². The molecule has 5 heteroatoms. The van der Waals surface area contributed by atoms with E-state index in [1.54, 1.807) is 0 Å². The van der Waals surface area contributed by atoms with Gasteiger partial charge >= 0.3 is 11.9 Å². The van der Waals surface area contributed by atoms with Crippen molar-refractivity contribution in [2.45, 2.75) is 117 Å². The van der Waals surface area contributed by atoms with Crippen LogP contribution in [0.2, 0.25) is 0 Å². The van der Waals surface area contributed by atoms with Crippen molar-refractivity contribution in [1.29, 1.82) is 0 Å². The van der Waals surface area contributed by atoms with E-state index in [-0.39, 0.29) is 36.5 Å². The molecule has 5 nitrogen and oxygen atoms in total. The predicted molar refractivity (Wildman–Crippen MR) is 109 cm³/mol. The molecule has 0 aliphatic heterocycles. The molecular weight excluding hydrogens is 344 g/mol. The summed E-state index contributed by atoms with van der Waals surface area (Å²) < 4.78 is 16.1. The number of ether oxygens (including phenoxy) is 3. The Kier molecular flexibility index (Phi) is 15.3. The van der Waals surface area contributed by atoms with E-state index in [2.05, 4.69) is 6.92 Å². The number of carbonyl (C=O) groups is 2. The molecule has 0 N–H and O–H groups in total. The lowest BCUT2D eigenvalue weighted by Gasteiger charge is -2.22. The quantitative estimate of drug-likeness (QED) is 0.256. The molecule has 0 amide bonds. The summed E-state index contributed by atoms with van der Waals surface area (Å²) >= 11 is 0. The van der Waals surface area contributed by atoms with Crippen molar-refractivity contribution in [1.82, 2.24) is 0 Å². The van der Waals surface area contributed by atoms with Crippen LogP contribution in [-0.4, -0.2) is 36.9 Å². The smallest absolute Gasteiger partial charge is 0.306 e. The second kappa shape index (κ2) is 15.9. The van der Waals surface area contributed by atoms with E-state index in [0.29, 0.717) is 19.6 Å². The van der Waals surface area contributed by atoms with Gasteiger partial charge in [-0.2, -0.15) is 0 Å². The molecule has 27 heavy (non-hydrogen) atoms. The molecule has 160 valence electrons. The standard InChI is InChI=1S/C22H42O5/c1-6-7-8-9-10-11-12-13-17-25-20(23)15-14-16-21(24)27-19(2)18-26-22(3,4)5/h19H,6-18H2,1-5H3. The van der Waals surface area contributed by atoms with Crippen LogP contribution in [0.25, 0.3) is 0 Å². The fourth-order valence-corrected chi connectivity index (χ4v) is 2.56. The molecule has 0 spiro atoms. The highest BCUT2D eigenvalue weighted by atomic mass is 16.6. The summed E-state index contributed by atoms with van der Waals surface area (Å²) in [5, 5.41) is 0. The largest absolute Gasteiger partial charge is 0.466 e. The third-order valence-electron chi connectivity index (χ3n) is 4.11. The van der Waals surface area contributed by atoms with Crippen LogP contribution < -0.4 is 0 Å². The van der Waals surface area contributed by atoms with Crippen LogP contribution in [0.4, 0.5) is 0 Å². The Hall–Kier alpha value is -1.10. The fourth-order valence-electron chi connectivity index (χ4n) is 2.56. The number of hydrogen-bond acceptors (Lipinski definition) is 5. The van der Waals surface area contributed by atoms with Crippen LogP contribution in [-0.2, 0) is 23.8 Å². The van der Waals surface area contributed by atoms with Gasteiger partial charge in [0.25, 0.3) is 0 Å². The molecule has 0 radical (unpaired) electrons. The molecule has 0 rings (SSSR count). The maximum absolute atomic E-state index is 11.8. The second-order valence-corrected chi connectivity index (χ2v) is 8.27. The highest BCUT2D eigenvalue weighted by molar-refractivity contribution is 5.72. The third-order valence-corrected chi connectivity index (χ3v) is 4.11. The molecular formula is C22H42O5. The lowest BCUT2D eigenvalue weighted by molar-refractivity contribution is -0.154. The first-order valence-corrected chi connectivity index (χ1v) is 10.7. The van der Waals surface area contributed by atoms with Crippen molar-refractivity contribution >= 4 is 11.9 Å². The highest BCUT2D eigenvalue weighted by Crippen LogP contribution is 2.10. The molecule has 1 unspecified atom stereocenters. The molecule has 0 saturated heterocycles. The van der Waals surface area contributed by atoms with E-state index in [1.807, 2.05) is 27.7 Å². The maximum atomic E-state index is 11.8. The molecule has 0 aliphatic rings. The van der Waals surface area contributed by atoms with Crippen molar-refractivity contribution in [2.24, 2.45) is 0 Å². The Morgan fingerprint density at radius 1 is 0.815 bits per heavy atom. The van der Waals surface area contributed by atoms with E-state index >= 15 is 0 Å². The SMILES string of the molecule is CCCCCCCCCCOC(=O)CCCC(=O)OC(C)COC(C)(C)C. The number of carbonyl (C=O) groups excluding carboxylic acids is 2. The minimum absolute atomic E-state index is 0.227. The van der Waals surface area contributed by atoms with E-state index < -0.39 is 0 Å². The average Bonchev–Trinajstić information content (AvgIpc) is 2.58. The fraction of sp³-hybridized carbons (Fsp3) is 0.909. The summed E-state index contributed by atoms with van der Waals surface area (Å²) in [6.07, 6.45) is 10.4. The molecule has 0 heterocycles. The van der Waals surface area contributed by atoms with Crippen molar-refractivity contribution < 1.29 is 23.8 Å². The predicted octanol–water partition coefficient (Wildman–Crippen LogP) is 5.59. The molecule has 0 aromatic rings. The second-order valence-electron chi connectivity index (χ2n) is 8.27. The zero-order valence-corrected chi connectivity index (χ0v) is 18.3. The number of hydrogen-bond donors (Lipinski definition) is 0. The number of rotatable bonds is 16. The topological polar surface area (TPSA) is 61.8 Å². The van der Waals surface area contributed by atoms with Crippen LogP contribution in [0.5, 0.6) is 0 Å². The monoisotopic (exact) mass is 386 g/mol. The first-order chi connectivity index (χ1) is 12.7. The molecule has 0 aliphatic carbocycles. The van der Waals surface area contributed by atoms with Crippen LogP contribution in [0.3, 0.4) is 0 Å². The maximum Gasteiger partial charge on any atom is 0.306 e. The van der Waals surface area contributed by atoms with E-state index in [9.17, 15) is 9.59 Å². The summed E-state index contributed by atoms with van der Waals surface area (Å²) in [6, 6.07) is 0. The molecule has 0 aromatic heterocycles. The summed E-state index contributed by atoms with van der Waals surface area (Å²) in [6.45, 7) is 10.8. The average molecular weight is 387 g/mol. The molecule has 0 aromatic carbocycles. The van der Waals surface area contributed by atoms with Crippen molar-refractivity contribution in [3.8, 4) is 0 Å². The zero-order chi connectivity index (χ0) is 20.5. The van der Waals surface area contributed by atoms with Gasteiger partial charge in [0.15, 0.2) is 0 Å². The first kappa shape index (κ1) is 25.9. The van der Waals surface area contributed by atoms with Crippen LogP contribution >= 0.6 is 0 Å². The lowest BCUT2D eigenvalue weighted by Crippen LogP contribution is -2.27. The van der Waals surface area contributed by atoms with Crippen molar-refractivity contribution in [2.75, 3.05) is 13.2 Å². The van der Waals surface area contributed by atoms with E-state index in [1.165, 1.54) is 38.5 Å². The summed E-state index contributed by atoms with van der Waals surface area (Å²) in [4.78, 5) is 23.4. The minimum Gasteiger partial charge on any atom is -0.466 e. The zero-order valence-electron chi connectivity index (χ0n) is 18.3. The molecule has 0 bridgehead atoms. The molecule has 0 saturated carbocycles. The van der Waals surface area contributed by atoms with Gasteiger partial charge in [-0.1, -0.05) is 51.9 Å². The van der Waals surface area contributed by atoms with Crippen LogP contribution in [0, 0.1) is 0 Å². The summed E-state index contributed by atoms with van der Waals surface area (Å²) in [5.41, 5.74) is -0.251. The Bertz CT molecular complexity index is 387. The van der Waals surface area contributed by atoms with Gasteiger partial charge in [0, 0.05) is 12.8 Å². The van der Waals surface area contributed by atoms with Gasteiger partial charge in [-0.25, -0.2) is 0 Å². The summed E-state index contributed by atoms with van der Waals surface area (Å²) in [5.74, 6) is -0.522.